The molecule has 0 aromatic carbocycles. The summed E-state index contributed by atoms with van der Waals surface area (Å²) < 4.78 is 60.0. The van der Waals surface area contributed by atoms with Crippen LogP contribution in [0.5, 0.6) is 0 Å². The van der Waals surface area contributed by atoms with Crippen molar-refractivity contribution < 1.29 is 61.2 Å². The van der Waals surface area contributed by atoms with E-state index < -0.39 is 34.7 Å². The van der Waals surface area contributed by atoms with Crippen molar-refractivity contribution in [2.24, 2.45) is 0 Å². The Kier molecular flexibility index (Phi) is 12.1. The summed E-state index contributed by atoms with van der Waals surface area (Å²) in [7, 11) is -5.71. The zero-order chi connectivity index (χ0) is 14.2. The van der Waals surface area contributed by atoms with E-state index >= 15 is 0 Å². The van der Waals surface area contributed by atoms with Crippen molar-refractivity contribution in [1.29, 1.82) is 0 Å². The molecule has 0 saturated heterocycles. The Labute approximate surface area is 134 Å². The molecule has 0 radical (unpaired) electrons. The van der Waals surface area contributed by atoms with Crippen LogP contribution in [0.3, 0.4) is 0 Å². The second kappa shape index (κ2) is 10.4. The molecule has 0 aliphatic carbocycles. The van der Waals surface area contributed by atoms with E-state index in [4.69, 9.17) is 0 Å². The van der Waals surface area contributed by atoms with Gasteiger partial charge in [-0.05, 0) is 6.42 Å². The van der Waals surface area contributed by atoms with Crippen LogP contribution in [0.15, 0.2) is 0 Å². The fourth-order valence-corrected chi connectivity index (χ4v) is 1.50. The van der Waals surface area contributed by atoms with Crippen LogP contribution < -0.4 is 29.6 Å². The van der Waals surface area contributed by atoms with Crippen LogP contribution in [0.25, 0.3) is 0 Å². The molecular formula is C10H19F2NaO5S. The number of unbranched alkanes of at least 4 members (excludes halogenated alkanes) is 3. The fourth-order valence-electron chi connectivity index (χ4n) is 1.28. The molecule has 0 aromatic heterocycles. The Morgan fingerprint density at radius 1 is 1.32 bits per heavy atom. The van der Waals surface area contributed by atoms with E-state index in [2.05, 4.69) is 4.74 Å². The maximum atomic E-state index is 12.6. The quantitative estimate of drug-likeness (QED) is 0.301. The zero-order valence-corrected chi connectivity index (χ0v) is 14.1. The molecule has 0 fully saturated rings. The van der Waals surface area contributed by atoms with Gasteiger partial charge in [0, 0.05) is 0 Å². The maximum absolute atomic E-state index is 12.6. The molecule has 9 heteroatoms. The first-order valence-electron chi connectivity index (χ1n) is 5.79. The first-order valence-corrected chi connectivity index (χ1v) is 7.20. The van der Waals surface area contributed by atoms with Crippen molar-refractivity contribution in [1.82, 2.24) is 0 Å². The number of alkyl halides is 2. The van der Waals surface area contributed by atoms with E-state index in [-0.39, 0.29) is 29.6 Å². The van der Waals surface area contributed by atoms with Crippen LogP contribution in [0.4, 0.5) is 8.78 Å². The van der Waals surface area contributed by atoms with E-state index in [1.54, 1.807) is 0 Å². The number of aliphatic hydroxyl groups is 1. The first kappa shape index (κ1) is 22.0. The van der Waals surface area contributed by atoms with E-state index in [0.29, 0.717) is 6.42 Å². The van der Waals surface area contributed by atoms with Gasteiger partial charge in [-0.2, -0.15) is 8.78 Å². The van der Waals surface area contributed by atoms with Crippen LogP contribution in [-0.4, -0.2) is 42.6 Å². The van der Waals surface area contributed by atoms with Crippen molar-refractivity contribution in [2.75, 3.05) is 13.2 Å². The molecule has 0 bridgehead atoms. The largest absolute Gasteiger partial charge is 1.00 e. The van der Waals surface area contributed by atoms with Crippen LogP contribution >= 0.6 is 0 Å². The second-order valence-electron chi connectivity index (χ2n) is 4.11. The van der Waals surface area contributed by atoms with Crippen LogP contribution in [-0.2, 0) is 14.9 Å². The Bertz CT molecular complexity index is 324. The molecule has 0 rings (SSSR count). The van der Waals surface area contributed by atoms with Gasteiger partial charge >= 0.3 is 34.8 Å². The van der Waals surface area contributed by atoms with E-state index in [9.17, 15) is 26.9 Å². The van der Waals surface area contributed by atoms with Crippen LogP contribution in [0.2, 0.25) is 0 Å². The third-order valence-corrected chi connectivity index (χ3v) is 3.19. The van der Waals surface area contributed by atoms with Crippen molar-refractivity contribution in [2.45, 2.75) is 50.4 Å². The van der Waals surface area contributed by atoms with Crippen molar-refractivity contribution in [3.8, 4) is 0 Å². The third kappa shape index (κ3) is 10.1. The van der Waals surface area contributed by atoms with Gasteiger partial charge in [-0.3, -0.25) is 0 Å². The predicted molar refractivity (Wildman–Crippen MR) is 60.2 cm³/mol. The minimum Gasteiger partial charge on any atom is -0.743 e. The minimum atomic E-state index is -5.71. The maximum Gasteiger partial charge on any atom is 1.00 e. The van der Waals surface area contributed by atoms with Crippen molar-refractivity contribution >= 4 is 10.1 Å². The Morgan fingerprint density at radius 2 is 1.89 bits per heavy atom. The zero-order valence-electron chi connectivity index (χ0n) is 11.3. The molecule has 1 atom stereocenters. The summed E-state index contributed by atoms with van der Waals surface area (Å²) in [4.78, 5) is 0. The monoisotopic (exact) mass is 312 g/mol. The topological polar surface area (TPSA) is 86.7 Å². The van der Waals surface area contributed by atoms with Gasteiger partial charge in [0.2, 0.25) is 0 Å². The molecule has 0 aliphatic heterocycles. The van der Waals surface area contributed by atoms with E-state index in [0.717, 1.165) is 25.7 Å². The number of halogens is 2. The van der Waals surface area contributed by atoms with Gasteiger partial charge in [-0.25, -0.2) is 8.42 Å². The second-order valence-corrected chi connectivity index (χ2v) is 5.62. The smallest absolute Gasteiger partial charge is 0.743 e. The van der Waals surface area contributed by atoms with Gasteiger partial charge < -0.3 is 14.4 Å². The molecule has 110 valence electrons. The molecule has 0 saturated carbocycles. The number of hydrogen-bond acceptors (Lipinski definition) is 5. The molecule has 0 spiro atoms. The molecule has 0 amide bonds. The number of hydrogen-bond donors (Lipinski definition) is 1. The summed E-state index contributed by atoms with van der Waals surface area (Å²) in [5.41, 5.74) is 0. The Balaban J connectivity index is 0. The van der Waals surface area contributed by atoms with E-state index in [1.807, 2.05) is 6.92 Å². The normalized spacial score (nSPS) is 13.9. The third-order valence-electron chi connectivity index (χ3n) is 2.34. The van der Waals surface area contributed by atoms with Crippen molar-refractivity contribution in [3.05, 3.63) is 0 Å². The van der Waals surface area contributed by atoms with Gasteiger partial charge in [-0.15, -0.1) is 0 Å². The molecule has 0 aliphatic rings. The van der Waals surface area contributed by atoms with Gasteiger partial charge in [-0.1, -0.05) is 32.6 Å². The molecule has 19 heavy (non-hydrogen) atoms. The van der Waals surface area contributed by atoms with Gasteiger partial charge in [0.25, 0.3) is 0 Å². The Morgan fingerprint density at radius 3 is 2.37 bits per heavy atom. The number of ether oxygens (including phenoxy) is 1. The summed E-state index contributed by atoms with van der Waals surface area (Å²) in [6, 6.07) is 0. The summed E-state index contributed by atoms with van der Waals surface area (Å²) in [5.74, 6) is 0. The molecule has 1 N–H and O–H groups in total. The summed E-state index contributed by atoms with van der Waals surface area (Å²) in [6.45, 7) is 0.104. The SMILES string of the molecule is CCCCCCC(O)COCC(F)(F)S(=O)(=O)[O-].[Na+]. The molecule has 0 heterocycles. The predicted octanol–water partition coefficient (Wildman–Crippen LogP) is -1.52. The van der Waals surface area contributed by atoms with Crippen molar-refractivity contribution in [3.63, 3.8) is 0 Å². The molecule has 0 aromatic rings. The summed E-state index contributed by atoms with van der Waals surface area (Å²) >= 11 is 0. The van der Waals surface area contributed by atoms with Gasteiger partial charge in [0.15, 0.2) is 10.1 Å². The van der Waals surface area contributed by atoms with Crippen LogP contribution in [0.1, 0.15) is 39.0 Å². The average molecular weight is 312 g/mol. The average Bonchev–Trinajstić information content (AvgIpc) is 2.22. The molecule has 5 nitrogen and oxygen atoms in total. The van der Waals surface area contributed by atoms with Gasteiger partial charge in [0.1, 0.15) is 6.61 Å². The molecular weight excluding hydrogens is 293 g/mol. The van der Waals surface area contributed by atoms with E-state index in [1.165, 1.54) is 0 Å². The van der Waals surface area contributed by atoms with Gasteiger partial charge in [0.05, 0.1) is 12.7 Å². The summed E-state index contributed by atoms with van der Waals surface area (Å²) in [5, 5.41) is 4.90. The fraction of sp³-hybridized carbons (Fsp3) is 1.00. The first-order chi connectivity index (χ1) is 8.20. The molecule has 1 unspecified atom stereocenters. The van der Waals surface area contributed by atoms with Crippen LogP contribution in [0, 0.1) is 0 Å². The standard InChI is InChI=1S/C10H20F2O5S.Na/c1-2-3-4-5-6-9(13)7-17-8-10(11,12)18(14,15)16;/h9,13H,2-8H2,1H3,(H,14,15,16);/q;+1/p-1. The summed E-state index contributed by atoms with van der Waals surface area (Å²) in [6.07, 6.45) is 3.22. The number of rotatable bonds is 10. The Hall–Kier alpha value is 0.690. The minimum absolute atomic E-state index is 0. The number of aliphatic hydroxyl groups excluding tert-OH is 1.